The molecule has 0 saturated heterocycles. The summed E-state index contributed by atoms with van der Waals surface area (Å²) in [4.78, 5) is 15.1. The first-order valence-electron chi connectivity index (χ1n) is 21.9. The monoisotopic (exact) mass is 817 g/mol. The molecule has 0 amide bonds. The van der Waals surface area contributed by atoms with Crippen molar-refractivity contribution in [2.24, 2.45) is 0 Å². The molecular weight excluding hydrogens is 779 g/mol. The van der Waals surface area contributed by atoms with E-state index in [-0.39, 0.29) is 5.41 Å². The van der Waals surface area contributed by atoms with Gasteiger partial charge in [-0.25, -0.2) is 15.0 Å². The number of nitrogens with zero attached hydrogens (tertiary/aromatic N) is 3. The van der Waals surface area contributed by atoms with E-state index in [4.69, 9.17) is 19.4 Å². The van der Waals surface area contributed by atoms with E-state index in [2.05, 4.69) is 141 Å². The van der Waals surface area contributed by atoms with Gasteiger partial charge in [0.05, 0.1) is 0 Å². The van der Waals surface area contributed by atoms with Crippen molar-refractivity contribution >= 4 is 54.3 Å². The van der Waals surface area contributed by atoms with Gasteiger partial charge in [-0.2, -0.15) is 0 Å². The maximum atomic E-state index is 6.53. The van der Waals surface area contributed by atoms with Crippen LogP contribution in [0.1, 0.15) is 25.0 Å². The molecule has 4 nitrogen and oxygen atoms in total. The lowest BCUT2D eigenvalue weighted by Gasteiger charge is -2.21. The van der Waals surface area contributed by atoms with Gasteiger partial charge in [0, 0.05) is 32.9 Å². The van der Waals surface area contributed by atoms with Gasteiger partial charge in [-0.3, -0.25) is 0 Å². The highest BCUT2D eigenvalue weighted by molar-refractivity contribution is 6.26. The van der Waals surface area contributed by atoms with Crippen LogP contribution in [-0.4, -0.2) is 15.0 Å². The van der Waals surface area contributed by atoms with E-state index in [1.54, 1.807) is 0 Å². The van der Waals surface area contributed by atoms with E-state index >= 15 is 0 Å². The van der Waals surface area contributed by atoms with Gasteiger partial charge >= 0.3 is 0 Å². The van der Waals surface area contributed by atoms with Gasteiger partial charge in [0.25, 0.3) is 0 Å². The summed E-state index contributed by atoms with van der Waals surface area (Å²) >= 11 is 0. The Morgan fingerprint density at radius 2 is 0.828 bits per heavy atom. The maximum absolute atomic E-state index is 6.53. The minimum Gasteiger partial charge on any atom is -0.456 e. The molecular formula is C60H39N3O. The predicted molar refractivity (Wildman–Crippen MR) is 264 cm³/mol. The van der Waals surface area contributed by atoms with Crippen LogP contribution in [-0.2, 0) is 5.41 Å². The summed E-state index contributed by atoms with van der Waals surface area (Å²) in [5.41, 5.74) is 14.6. The minimum atomic E-state index is -0.0515. The highest BCUT2D eigenvalue weighted by Gasteiger charge is 2.36. The van der Waals surface area contributed by atoms with Crippen LogP contribution in [0.5, 0.6) is 0 Å². The van der Waals surface area contributed by atoms with E-state index in [1.165, 1.54) is 65.7 Å². The third-order valence-corrected chi connectivity index (χ3v) is 13.5. The van der Waals surface area contributed by atoms with Gasteiger partial charge in [0.2, 0.25) is 0 Å². The van der Waals surface area contributed by atoms with E-state index in [0.717, 1.165) is 49.8 Å². The van der Waals surface area contributed by atoms with Crippen LogP contribution in [0.3, 0.4) is 0 Å². The Bertz CT molecular complexity index is 3790. The molecule has 0 aliphatic heterocycles. The summed E-state index contributed by atoms with van der Waals surface area (Å²) < 4.78 is 6.53. The molecule has 10 aromatic carbocycles. The second kappa shape index (κ2) is 13.9. The predicted octanol–water partition coefficient (Wildman–Crippen LogP) is 15.9. The molecule has 0 atom stereocenters. The van der Waals surface area contributed by atoms with Crippen LogP contribution in [0, 0.1) is 0 Å². The van der Waals surface area contributed by atoms with Crippen molar-refractivity contribution in [2.75, 3.05) is 0 Å². The molecule has 0 unspecified atom stereocenters. The second-order valence-electron chi connectivity index (χ2n) is 17.5. The zero-order valence-electron chi connectivity index (χ0n) is 35.3. The van der Waals surface area contributed by atoms with Gasteiger partial charge in [0.1, 0.15) is 11.2 Å². The summed E-state index contributed by atoms with van der Waals surface area (Å²) in [6, 6.07) is 71.5. The van der Waals surface area contributed by atoms with Gasteiger partial charge in [-0.1, -0.05) is 184 Å². The number of fused-ring (bicyclic) bond motifs is 12. The molecule has 2 heterocycles. The highest BCUT2D eigenvalue weighted by Crippen LogP contribution is 2.52. The number of hydrogen-bond acceptors (Lipinski definition) is 4. The van der Waals surface area contributed by atoms with Gasteiger partial charge < -0.3 is 4.42 Å². The zero-order chi connectivity index (χ0) is 42.5. The third kappa shape index (κ3) is 5.52. The first-order chi connectivity index (χ1) is 31.5. The fraction of sp³-hybridized carbons (Fsp3) is 0.0500. The topological polar surface area (TPSA) is 51.8 Å². The van der Waals surface area contributed by atoms with Crippen molar-refractivity contribution in [1.82, 2.24) is 15.0 Å². The summed E-state index contributed by atoms with van der Waals surface area (Å²) in [7, 11) is 0. The fourth-order valence-electron chi connectivity index (χ4n) is 10.4. The normalized spacial score (nSPS) is 13.0. The standard InChI is InChI=1S/C60H39N3O/c1-60(2)51-24-12-11-21-46(51)55-41(22-13-25-52(55)60)40-28-31-45-44-30-27-38(33-48(44)42-19-9-10-20-43(42)49(45)35-40)39-29-32-53-50(34-39)56-47(23-14-26-54(56)64-53)59-62-57(36-15-5-3-6-16-36)61-58(63-59)37-17-7-4-8-18-37/h3-35H,1-2H3. The molecule has 0 N–H and O–H groups in total. The average Bonchev–Trinajstić information content (AvgIpc) is 3.85. The Labute approximate surface area is 370 Å². The lowest BCUT2D eigenvalue weighted by atomic mass is 9.82. The minimum absolute atomic E-state index is 0.0515. The second-order valence-corrected chi connectivity index (χ2v) is 17.5. The Morgan fingerprint density at radius 3 is 1.53 bits per heavy atom. The Kier molecular flexibility index (Phi) is 7.92. The number of hydrogen-bond donors (Lipinski definition) is 0. The van der Waals surface area contributed by atoms with Crippen molar-refractivity contribution in [2.45, 2.75) is 19.3 Å². The summed E-state index contributed by atoms with van der Waals surface area (Å²) in [6.07, 6.45) is 0. The number of benzene rings is 10. The van der Waals surface area contributed by atoms with Crippen molar-refractivity contribution in [3.8, 4) is 67.5 Å². The molecule has 0 saturated carbocycles. The molecule has 12 aromatic rings. The van der Waals surface area contributed by atoms with Crippen LogP contribution in [0.25, 0.3) is 122 Å². The first kappa shape index (κ1) is 36.4. The van der Waals surface area contributed by atoms with Crippen molar-refractivity contribution < 1.29 is 4.42 Å². The van der Waals surface area contributed by atoms with Crippen molar-refractivity contribution in [3.05, 3.63) is 211 Å². The molecule has 2 aromatic heterocycles. The molecule has 4 heteroatoms. The van der Waals surface area contributed by atoms with Crippen molar-refractivity contribution in [3.63, 3.8) is 0 Å². The molecule has 0 bridgehead atoms. The zero-order valence-corrected chi connectivity index (χ0v) is 35.3. The quantitative estimate of drug-likeness (QED) is 0.162. The van der Waals surface area contributed by atoms with Crippen LogP contribution < -0.4 is 0 Å². The van der Waals surface area contributed by atoms with Gasteiger partial charge in [0.15, 0.2) is 17.5 Å². The van der Waals surface area contributed by atoms with Gasteiger partial charge in [-0.15, -0.1) is 0 Å². The van der Waals surface area contributed by atoms with Crippen LogP contribution >= 0.6 is 0 Å². The maximum Gasteiger partial charge on any atom is 0.164 e. The Balaban J connectivity index is 0.959. The molecule has 1 aliphatic carbocycles. The van der Waals surface area contributed by atoms with Crippen LogP contribution in [0.4, 0.5) is 0 Å². The SMILES string of the molecule is CC1(C)c2ccccc2-c2c(-c3ccc4c5ccc(-c6ccc7oc8cccc(-c9nc(-c%10ccccc%10)nc(-c%10ccccc%10)n9)c8c7c6)cc5c5ccccc5c4c3)cccc21. The van der Waals surface area contributed by atoms with E-state index in [9.17, 15) is 0 Å². The molecule has 64 heavy (non-hydrogen) atoms. The average molecular weight is 818 g/mol. The van der Waals surface area contributed by atoms with Crippen molar-refractivity contribution in [1.29, 1.82) is 0 Å². The fourth-order valence-corrected chi connectivity index (χ4v) is 10.4. The lowest BCUT2D eigenvalue weighted by molar-refractivity contribution is 0.660. The largest absolute Gasteiger partial charge is 0.456 e. The molecule has 0 radical (unpaired) electrons. The number of rotatable bonds is 5. The Hall–Kier alpha value is -8.21. The highest BCUT2D eigenvalue weighted by atomic mass is 16.3. The summed E-state index contributed by atoms with van der Waals surface area (Å²) in [5, 5.41) is 9.47. The first-order valence-corrected chi connectivity index (χ1v) is 21.9. The Morgan fingerprint density at radius 1 is 0.328 bits per heavy atom. The molecule has 0 fully saturated rings. The molecule has 0 spiro atoms. The summed E-state index contributed by atoms with van der Waals surface area (Å²) in [5.74, 6) is 1.85. The number of aromatic nitrogens is 3. The summed E-state index contributed by atoms with van der Waals surface area (Å²) in [6.45, 7) is 4.70. The van der Waals surface area contributed by atoms with E-state index in [0.29, 0.717) is 17.5 Å². The van der Waals surface area contributed by atoms with Crippen LogP contribution in [0.2, 0.25) is 0 Å². The van der Waals surface area contributed by atoms with E-state index < -0.39 is 0 Å². The lowest BCUT2D eigenvalue weighted by Crippen LogP contribution is -2.14. The molecule has 13 rings (SSSR count). The van der Waals surface area contributed by atoms with Gasteiger partial charge in [-0.05, 0) is 107 Å². The third-order valence-electron chi connectivity index (χ3n) is 13.5. The molecule has 300 valence electrons. The van der Waals surface area contributed by atoms with Crippen LogP contribution in [0.15, 0.2) is 205 Å². The molecule has 1 aliphatic rings. The van der Waals surface area contributed by atoms with E-state index in [1.807, 2.05) is 72.8 Å². The smallest absolute Gasteiger partial charge is 0.164 e. The number of furan rings is 1.